The molecule has 116 valence electrons. The lowest BCUT2D eigenvalue weighted by Crippen LogP contribution is -2.47. The van der Waals surface area contributed by atoms with Gasteiger partial charge in [0.15, 0.2) is 0 Å². The number of nitrogens with zero attached hydrogens (tertiary/aromatic N) is 1. The van der Waals surface area contributed by atoms with Crippen molar-refractivity contribution in [3.05, 3.63) is 46.4 Å². The summed E-state index contributed by atoms with van der Waals surface area (Å²) < 4.78 is 5.72. The Morgan fingerprint density at radius 3 is 3.05 bits per heavy atom. The van der Waals surface area contributed by atoms with Crippen LogP contribution in [-0.2, 0) is 16.8 Å². The number of hydrogen-bond acceptors (Lipinski definition) is 4. The van der Waals surface area contributed by atoms with Crippen LogP contribution in [0.4, 0.5) is 0 Å². The molecule has 2 atom stereocenters. The van der Waals surface area contributed by atoms with E-state index in [4.69, 9.17) is 4.74 Å². The molecule has 4 nitrogen and oxygen atoms in total. The molecule has 1 aromatic carbocycles. The third kappa shape index (κ3) is 2.86. The van der Waals surface area contributed by atoms with Gasteiger partial charge in [0.1, 0.15) is 17.4 Å². The average molecular weight is 316 g/mol. The van der Waals surface area contributed by atoms with Crippen LogP contribution in [-0.4, -0.2) is 17.5 Å². The van der Waals surface area contributed by atoms with Crippen LogP contribution in [0.15, 0.2) is 35.8 Å². The van der Waals surface area contributed by atoms with Crippen molar-refractivity contribution in [3.8, 4) is 5.75 Å². The lowest BCUT2D eigenvalue weighted by molar-refractivity contribution is -0.128. The zero-order valence-electron chi connectivity index (χ0n) is 12.8. The standard InChI is InChI=1S/C17H20N2O2S/c1-3-17(2,16-18-8-9-22-16)19-15(20)13-10-12-6-4-5-7-14(12)21-11-13/h4-9,13H,3,10-11H2,1-2H3,(H,19,20). The van der Waals surface area contributed by atoms with Crippen LogP contribution >= 0.6 is 11.3 Å². The summed E-state index contributed by atoms with van der Waals surface area (Å²) in [5.41, 5.74) is 0.684. The monoisotopic (exact) mass is 316 g/mol. The molecule has 0 saturated heterocycles. The van der Waals surface area contributed by atoms with E-state index in [2.05, 4.69) is 17.2 Å². The van der Waals surface area contributed by atoms with Crippen molar-refractivity contribution in [2.75, 3.05) is 6.61 Å². The van der Waals surface area contributed by atoms with Gasteiger partial charge in [0, 0.05) is 11.6 Å². The zero-order chi connectivity index (χ0) is 15.6. The summed E-state index contributed by atoms with van der Waals surface area (Å²) in [7, 11) is 0. The number of para-hydroxylation sites is 1. The second-order valence-corrected chi connectivity index (χ2v) is 6.73. The third-order valence-electron chi connectivity index (χ3n) is 4.26. The molecule has 0 fully saturated rings. The number of rotatable bonds is 4. The van der Waals surface area contributed by atoms with Gasteiger partial charge in [-0.15, -0.1) is 11.3 Å². The van der Waals surface area contributed by atoms with Gasteiger partial charge < -0.3 is 10.1 Å². The van der Waals surface area contributed by atoms with E-state index in [9.17, 15) is 4.79 Å². The van der Waals surface area contributed by atoms with Crippen molar-refractivity contribution in [1.29, 1.82) is 0 Å². The van der Waals surface area contributed by atoms with Crippen LogP contribution in [0.3, 0.4) is 0 Å². The number of carbonyl (C=O) groups excluding carboxylic acids is 1. The molecule has 22 heavy (non-hydrogen) atoms. The van der Waals surface area contributed by atoms with Crippen LogP contribution in [0.2, 0.25) is 0 Å². The summed E-state index contributed by atoms with van der Waals surface area (Å²) >= 11 is 1.57. The first-order valence-electron chi connectivity index (χ1n) is 7.55. The molecular formula is C17H20N2O2S. The van der Waals surface area contributed by atoms with E-state index in [1.165, 1.54) is 0 Å². The number of fused-ring (bicyclic) bond motifs is 1. The quantitative estimate of drug-likeness (QED) is 0.943. The van der Waals surface area contributed by atoms with Gasteiger partial charge in [-0.3, -0.25) is 4.79 Å². The fourth-order valence-electron chi connectivity index (χ4n) is 2.66. The Hall–Kier alpha value is -1.88. The fourth-order valence-corrected chi connectivity index (χ4v) is 3.49. The summed E-state index contributed by atoms with van der Waals surface area (Å²) in [6, 6.07) is 7.91. The van der Waals surface area contributed by atoms with Crippen molar-refractivity contribution in [1.82, 2.24) is 10.3 Å². The number of benzene rings is 1. The first kappa shape index (κ1) is 15.0. The molecule has 1 aliphatic heterocycles. The zero-order valence-corrected chi connectivity index (χ0v) is 13.7. The molecule has 1 amide bonds. The maximum Gasteiger partial charge on any atom is 0.227 e. The van der Waals surface area contributed by atoms with Gasteiger partial charge in [-0.1, -0.05) is 25.1 Å². The van der Waals surface area contributed by atoms with E-state index >= 15 is 0 Å². The summed E-state index contributed by atoms with van der Waals surface area (Å²) in [4.78, 5) is 17.0. The van der Waals surface area contributed by atoms with Crippen molar-refractivity contribution in [2.45, 2.75) is 32.2 Å². The van der Waals surface area contributed by atoms with Crippen molar-refractivity contribution >= 4 is 17.2 Å². The molecule has 2 unspecified atom stereocenters. The van der Waals surface area contributed by atoms with E-state index in [0.29, 0.717) is 6.61 Å². The summed E-state index contributed by atoms with van der Waals surface area (Å²) in [5.74, 6) is 0.777. The minimum atomic E-state index is -0.414. The predicted molar refractivity (Wildman–Crippen MR) is 87.0 cm³/mol. The lowest BCUT2D eigenvalue weighted by atomic mass is 9.93. The van der Waals surface area contributed by atoms with E-state index in [1.54, 1.807) is 17.5 Å². The number of amides is 1. The van der Waals surface area contributed by atoms with Crippen LogP contribution < -0.4 is 10.1 Å². The molecule has 0 bridgehead atoms. The van der Waals surface area contributed by atoms with Gasteiger partial charge in [-0.05, 0) is 31.4 Å². The van der Waals surface area contributed by atoms with Crippen LogP contribution in [0.1, 0.15) is 30.8 Å². The Bertz CT molecular complexity index is 656. The van der Waals surface area contributed by atoms with Crippen molar-refractivity contribution < 1.29 is 9.53 Å². The Balaban J connectivity index is 1.73. The number of thiazole rings is 1. The van der Waals surface area contributed by atoms with E-state index in [1.807, 2.05) is 36.6 Å². The molecule has 0 aliphatic carbocycles. The Morgan fingerprint density at radius 1 is 1.50 bits per heavy atom. The first-order valence-corrected chi connectivity index (χ1v) is 8.43. The van der Waals surface area contributed by atoms with E-state index in [0.717, 1.165) is 29.2 Å². The summed E-state index contributed by atoms with van der Waals surface area (Å²) in [5, 5.41) is 6.06. The second kappa shape index (κ2) is 6.08. The minimum absolute atomic E-state index is 0.0362. The Morgan fingerprint density at radius 2 is 2.32 bits per heavy atom. The highest BCUT2D eigenvalue weighted by Crippen LogP contribution is 2.30. The molecule has 5 heteroatoms. The predicted octanol–water partition coefficient (Wildman–Crippen LogP) is 3.14. The maximum atomic E-state index is 12.7. The molecule has 2 heterocycles. The average Bonchev–Trinajstić information content (AvgIpc) is 3.09. The smallest absolute Gasteiger partial charge is 0.227 e. The van der Waals surface area contributed by atoms with Gasteiger partial charge in [0.25, 0.3) is 0 Å². The number of ether oxygens (including phenoxy) is 1. The van der Waals surface area contributed by atoms with Crippen molar-refractivity contribution in [3.63, 3.8) is 0 Å². The van der Waals surface area contributed by atoms with Crippen LogP contribution in [0.5, 0.6) is 5.75 Å². The van der Waals surface area contributed by atoms with Gasteiger partial charge in [0.05, 0.1) is 11.5 Å². The molecule has 0 spiro atoms. The van der Waals surface area contributed by atoms with Crippen LogP contribution in [0, 0.1) is 5.92 Å². The maximum absolute atomic E-state index is 12.7. The number of hydrogen-bond donors (Lipinski definition) is 1. The highest BCUT2D eigenvalue weighted by atomic mass is 32.1. The SMILES string of the molecule is CCC(C)(NC(=O)C1COc2ccccc2C1)c1nccs1. The minimum Gasteiger partial charge on any atom is -0.492 e. The third-order valence-corrected chi connectivity index (χ3v) is 5.30. The highest BCUT2D eigenvalue weighted by Gasteiger charge is 2.33. The van der Waals surface area contributed by atoms with E-state index < -0.39 is 5.54 Å². The molecule has 1 aromatic heterocycles. The van der Waals surface area contributed by atoms with Crippen LogP contribution in [0.25, 0.3) is 0 Å². The number of nitrogens with one attached hydrogen (secondary N) is 1. The summed E-state index contributed by atoms with van der Waals surface area (Å²) in [6.07, 6.45) is 3.30. The first-order chi connectivity index (χ1) is 10.6. The van der Waals surface area contributed by atoms with Gasteiger partial charge >= 0.3 is 0 Å². The fraction of sp³-hybridized carbons (Fsp3) is 0.412. The van der Waals surface area contributed by atoms with Gasteiger partial charge in [-0.2, -0.15) is 0 Å². The van der Waals surface area contributed by atoms with Crippen molar-refractivity contribution in [2.24, 2.45) is 5.92 Å². The summed E-state index contributed by atoms with van der Waals surface area (Å²) in [6.45, 7) is 4.52. The highest BCUT2D eigenvalue weighted by molar-refractivity contribution is 7.09. The lowest BCUT2D eigenvalue weighted by Gasteiger charge is -2.31. The van der Waals surface area contributed by atoms with Gasteiger partial charge in [-0.25, -0.2) is 4.98 Å². The Kier molecular flexibility index (Phi) is 4.16. The number of aromatic nitrogens is 1. The topological polar surface area (TPSA) is 51.2 Å². The molecule has 0 saturated carbocycles. The Labute approximate surface area is 134 Å². The molecule has 2 aromatic rings. The second-order valence-electron chi connectivity index (χ2n) is 5.83. The van der Waals surface area contributed by atoms with E-state index in [-0.39, 0.29) is 11.8 Å². The molecule has 1 N–H and O–H groups in total. The molecular weight excluding hydrogens is 296 g/mol. The molecule has 3 rings (SSSR count). The molecule has 1 aliphatic rings. The largest absolute Gasteiger partial charge is 0.492 e. The normalized spacial score (nSPS) is 19.6. The van der Waals surface area contributed by atoms with Gasteiger partial charge in [0.2, 0.25) is 5.91 Å². The number of carbonyl (C=O) groups is 1. The molecule has 0 radical (unpaired) electrons.